The summed E-state index contributed by atoms with van der Waals surface area (Å²) in [7, 11) is 0. The summed E-state index contributed by atoms with van der Waals surface area (Å²) in [6, 6.07) is 28.8. The molecule has 0 N–H and O–H groups in total. The van der Waals surface area contributed by atoms with Crippen molar-refractivity contribution in [1.29, 1.82) is 0 Å². The third-order valence-corrected chi connectivity index (χ3v) is 9.84. The number of alkyl halides is 2. The second-order valence-electron chi connectivity index (χ2n) is 10.9. The van der Waals surface area contributed by atoms with E-state index in [9.17, 15) is 0 Å². The number of anilines is 5. The molecule has 0 aromatic heterocycles. The molecule has 1 aliphatic rings. The van der Waals surface area contributed by atoms with Crippen LogP contribution < -0.4 is 9.80 Å². The molecule has 0 bridgehead atoms. The van der Waals surface area contributed by atoms with Gasteiger partial charge in [0.25, 0.3) is 0 Å². The first-order valence-electron chi connectivity index (χ1n) is 14.1. The number of hydrogen-bond acceptors (Lipinski definition) is 2. The van der Waals surface area contributed by atoms with Gasteiger partial charge < -0.3 is 9.80 Å². The molecule has 0 saturated heterocycles. The minimum absolute atomic E-state index is 0.416. The van der Waals surface area contributed by atoms with Gasteiger partial charge in [-0.05, 0) is 103 Å². The molecule has 0 fully saturated rings. The zero-order chi connectivity index (χ0) is 34.3. The largest absolute Gasteiger partial charge is 0.311 e. The van der Waals surface area contributed by atoms with Crippen LogP contribution >= 0.6 is 116 Å². The summed E-state index contributed by atoms with van der Waals surface area (Å²) < 4.78 is -1.37. The normalized spacial score (nSPS) is 15.3. The fourth-order valence-electron chi connectivity index (χ4n) is 5.53. The van der Waals surface area contributed by atoms with Gasteiger partial charge in [-0.1, -0.05) is 134 Å². The van der Waals surface area contributed by atoms with Crippen LogP contribution in [-0.2, 0) is 0 Å². The van der Waals surface area contributed by atoms with Crippen LogP contribution in [-0.4, -0.2) is 4.33 Å². The highest BCUT2D eigenvalue weighted by atomic mass is 35.5. The van der Waals surface area contributed by atoms with Crippen LogP contribution in [0.1, 0.15) is 11.5 Å². The average molecular weight is 835 g/mol. The van der Waals surface area contributed by atoms with Crippen molar-refractivity contribution in [1.82, 2.24) is 0 Å². The van der Waals surface area contributed by atoms with Crippen LogP contribution in [0.25, 0.3) is 0 Å². The van der Waals surface area contributed by atoms with Crippen molar-refractivity contribution in [3.05, 3.63) is 167 Å². The first kappa shape index (κ1) is 35.9. The third kappa shape index (κ3) is 8.17. The van der Waals surface area contributed by atoms with Crippen LogP contribution in [0.15, 0.2) is 121 Å². The van der Waals surface area contributed by atoms with E-state index in [1.165, 1.54) is 0 Å². The van der Waals surface area contributed by atoms with Crippen LogP contribution in [0.4, 0.5) is 28.4 Å². The van der Waals surface area contributed by atoms with E-state index in [-0.39, 0.29) is 0 Å². The van der Waals surface area contributed by atoms with Gasteiger partial charge in [0.2, 0.25) is 0 Å². The highest BCUT2D eigenvalue weighted by Crippen LogP contribution is 2.48. The number of benzene rings is 5. The van der Waals surface area contributed by atoms with Gasteiger partial charge in [0, 0.05) is 80.2 Å². The van der Waals surface area contributed by atoms with Crippen molar-refractivity contribution < 1.29 is 0 Å². The molecular formula is C36H20Cl10N2. The van der Waals surface area contributed by atoms with E-state index in [4.69, 9.17) is 116 Å². The highest BCUT2D eigenvalue weighted by Gasteiger charge is 2.36. The van der Waals surface area contributed by atoms with Gasteiger partial charge >= 0.3 is 0 Å². The van der Waals surface area contributed by atoms with Gasteiger partial charge in [0.05, 0.1) is 0 Å². The van der Waals surface area contributed by atoms with Gasteiger partial charge in [0.1, 0.15) is 4.33 Å². The molecule has 1 atom stereocenters. The zero-order valence-corrected chi connectivity index (χ0v) is 31.8. The summed E-state index contributed by atoms with van der Waals surface area (Å²) >= 11 is 65.4. The molecule has 0 amide bonds. The summed E-state index contributed by atoms with van der Waals surface area (Å²) in [4.78, 5) is 3.84. The molecule has 244 valence electrons. The number of hydrogen-bond donors (Lipinski definition) is 0. The lowest BCUT2D eigenvalue weighted by atomic mass is 9.90. The fraction of sp³-hybridized carbons (Fsp3) is 0.0556. The summed E-state index contributed by atoms with van der Waals surface area (Å²) in [5.41, 5.74) is 5.08. The number of halogens is 10. The molecule has 0 radical (unpaired) electrons. The molecule has 1 aliphatic carbocycles. The molecule has 2 nitrogen and oxygen atoms in total. The molecule has 0 spiro atoms. The van der Waals surface area contributed by atoms with Crippen LogP contribution in [0.3, 0.4) is 0 Å². The number of allylic oxidation sites excluding steroid dienone is 3. The monoisotopic (exact) mass is 830 g/mol. The van der Waals surface area contributed by atoms with E-state index in [0.29, 0.717) is 57.3 Å². The smallest absolute Gasteiger partial charge is 0.148 e. The molecule has 0 saturated carbocycles. The highest BCUT2D eigenvalue weighted by molar-refractivity contribution is 6.50. The minimum Gasteiger partial charge on any atom is -0.311 e. The molecule has 48 heavy (non-hydrogen) atoms. The molecule has 1 unspecified atom stereocenters. The summed E-state index contributed by atoms with van der Waals surface area (Å²) in [5.74, 6) is -0.416. The Kier molecular flexibility index (Phi) is 11.0. The maximum Gasteiger partial charge on any atom is 0.148 e. The van der Waals surface area contributed by atoms with Crippen LogP contribution in [0, 0.1) is 0 Å². The van der Waals surface area contributed by atoms with Gasteiger partial charge in [-0.15, -0.1) is 0 Å². The van der Waals surface area contributed by atoms with Crippen LogP contribution in [0.2, 0.25) is 40.2 Å². The van der Waals surface area contributed by atoms with E-state index in [0.717, 1.165) is 22.6 Å². The van der Waals surface area contributed by atoms with Crippen molar-refractivity contribution in [2.45, 2.75) is 10.3 Å². The minimum atomic E-state index is -1.37. The lowest BCUT2D eigenvalue weighted by Crippen LogP contribution is -2.27. The molecule has 0 aliphatic heterocycles. The Morgan fingerprint density at radius 2 is 0.750 bits per heavy atom. The maximum atomic E-state index is 7.11. The van der Waals surface area contributed by atoms with Gasteiger partial charge in [-0.2, -0.15) is 0 Å². The predicted molar refractivity (Wildman–Crippen MR) is 211 cm³/mol. The number of rotatable bonds is 7. The Balaban J connectivity index is 1.38. The molecular weight excluding hydrogens is 815 g/mol. The lowest BCUT2D eigenvalue weighted by molar-refractivity contribution is 0.791. The zero-order valence-electron chi connectivity index (χ0n) is 24.2. The Hall–Kier alpha value is -1.92. The molecule has 6 rings (SSSR count). The summed E-state index contributed by atoms with van der Waals surface area (Å²) in [6.45, 7) is 0. The first-order chi connectivity index (χ1) is 22.8. The lowest BCUT2D eigenvalue weighted by Gasteiger charge is -2.34. The predicted octanol–water partition coefficient (Wildman–Crippen LogP) is 15.9. The molecule has 5 aromatic carbocycles. The van der Waals surface area contributed by atoms with Gasteiger partial charge in [-0.25, -0.2) is 0 Å². The molecule has 0 heterocycles. The van der Waals surface area contributed by atoms with Crippen LogP contribution in [0.5, 0.6) is 0 Å². The van der Waals surface area contributed by atoms with Crippen molar-refractivity contribution in [3.63, 3.8) is 0 Å². The van der Waals surface area contributed by atoms with E-state index in [2.05, 4.69) is 0 Å². The van der Waals surface area contributed by atoms with Crippen molar-refractivity contribution >= 4 is 144 Å². The van der Waals surface area contributed by atoms with E-state index >= 15 is 0 Å². The van der Waals surface area contributed by atoms with Gasteiger partial charge in [-0.3, -0.25) is 0 Å². The molecule has 5 aromatic rings. The topological polar surface area (TPSA) is 6.48 Å². The van der Waals surface area contributed by atoms with Crippen molar-refractivity contribution in [2.24, 2.45) is 0 Å². The van der Waals surface area contributed by atoms with Crippen molar-refractivity contribution in [3.8, 4) is 0 Å². The Morgan fingerprint density at radius 1 is 0.417 bits per heavy atom. The van der Waals surface area contributed by atoms with Gasteiger partial charge in [0.15, 0.2) is 0 Å². The second-order valence-corrected chi connectivity index (χ2v) is 15.8. The quantitative estimate of drug-likeness (QED) is 0.151. The Morgan fingerprint density at radius 3 is 1.08 bits per heavy atom. The first-order valence-corrected chi connectivity index (χ1v) is 17.9. The van der Waals surface area contributed by atoms with E-state index < -0.39 is 10.3 Å². The standard InChI is InChI=1S/C36H20Cl10N2/c37-21-7-22(38)12-31(11-21)47(32-13-23(39)8-24(40)14-32)29-3-1-20(2-4-29)35-6-5-30(19-36(35,45)46)48(33-15-25(41)9-26(42)16-33)34-17-27(43)10-28(44)18-34/h1-19,35H. The third-order valence-electron chi connectivity index (χ3n) is 7.41. The molecule has 12 heteroatoms. The fourth-order valence-corrected chi connectivity index (χ4v) is 8.21. The number of nitrogens with zero attached hydrogens (tertiary/aromatic N) is 2. The summed E-state index contributed by atoms with van der Waals surface area (Å²) in [5, 5.41) is 3.71. The second kappa shape index (κ2) is 14.7. The van der Waals surface area contributed by atoms with E-state index in [1.807, 2.05) is 46.2 Å². The Bertz CT molecular complexity index is 1890. The maximum absolute atomic E-state index is 7.11. The Labute approximate surface area is 328 Å². The SMILES string of the molecule is Clc1cc(Cl)cc(N(C2=CC(Cl)(Cl)C(c3ccc(N(c4cc(Cl)cc(Cl)c4)c4cc(Cl)cc(Cl)c4)cc3)C=C2)c2cc(Cl)cc(Cl)c2)c1. The van der Waals surface area contributed by atoms with E-state index in [1.54, 1.807) is 78.9 Å². The average Bonchev–Trinajstić information content (AvgIpc) is 2.96. The van der Waals surface area contributed by atoms with Crippen molar-refractivity contribution in [2.75, 3.05) is 9.80 Å². The summed E-state index contributed by atoms with van der Waals surface area (Å²) in [6.07, 6.45) is 5.65.